The highest BCUT2D eigenvalue weighted by atomic mass is 79.9. The Morgan fingerprint density at radius 2 is 1.79 bits per heavy atom. The number of pyridine rings is 1. The van der Waals surface area contributed by atoms with Crippen LogP contribution in [0.15, 0.2) is 47.1 Å². The molecular weight excluding hydrogens is 438 g/mol. The standard InChI is InChI=1S/C21H24BrN3O4/c1-3-28-21(27)16-4-9-19(23-14-16)24-10-12-25(13-11-24)20(26)15(2)29-18-7-5-17(22)6-8-18/h4-9,14-15H,3,10-13H2,1-2H3. The Balaban J connectivity index is 1.52. The second-order valence-electron chi connectivity index (χ2n) is 6.65. The molecule has 1 aliphatic heterocycles. The molecule has 0 N–H and O–H groups in total. The molecule has 2 heterocycles. The third kappa shape index (κ3) is 5.47. The van der Waals surface area contributed by atoms with Crippen LogP contribution in [-0.4, -0.2) is 60.7 Å². The van der Waals surface area contributed by atoms with Gasteiger partial charge in [-0.2, -0.15) is 0 Å². The van der Waals surface area contributed by atoms with E-state index in [-0.39, 0.29) is 11.9 Å². The zero-order chi connectivity index (χ0) is 20.8. The van der Waals surface area contributed by atoms with Crippen LogP contribution < -0.4 is 9.64 Å². The minimum absolute atomic E-state index is 0.0295. The normalized spacial score (nSPS) is 15.0. The highest BCUT2D eigenvalue weighted by Crippen LogP contribution is 2.19. The molecule has 29 heavy (non-hydrogen) atoms. The minimum atomic E-state index is -0.551. The fourth-order valence-electron chi connectivity index (χ4n) is 3.09. The average molecular weight is 462 g/mol. The van der Waals surface area contributed by atoms with Crippen molar-refractivity contribution in [1.82, 2.24) is 9.88 Å². The number of hydrogen-bond donors (Lipinski definition) is 0. The van der Waals surface area contributed by atoms with Crippen molar-refractivity contribution < 1.29 is 19.1 Å². The second kappa shape index (κ2) is 9.73. The van der Waals surface area contributed by atoms with E-state index in [0.29, 0.717) is 44.1 Å². The minimum Gasteiger partial charge on any atom is -0.481 e. The van der Waals surface area contributed by atoms with Gasteiger partial charge in [0.2, 0.25) is 0 Å². The van der Waals surface area contributed by atoms with Crippen LogP contribution in [0.3, 0.4) is 0 Å². The molecule has 1 amide bonds. The highest BCUT2D eigenvalue weighted by molar-refractivity contribution is 9.10. The van der Waals surface area contributed by atoms with E-state index in [1.807, 2.05) is 35.2 Å². The SMILES string of the molecule is CCOC(=O)c1ccc(N2CCN(C(=O)C(C)Oc3ccc(Br)cc3)CC2)nc1. The lowest BCUT2D eigenvalue weighted by Gasteiger charge is -2.36. The lowest BCUT2D eigenvalue weighted by molar-refractivity contribution is -0.138. The van der Waals surface area contributed by atoms with E-state index in [9.17, 15) is 9.59 Å². The van der Waals surface area contributed by atoms with Crippen molar-refractivity contribution in [3.8, 4) is 5.75 Å². The number of piperazine rings is 1. The van der Waals surface area contributed by atoms with E-state index in [2.05, 4.69) is 25.8 Å². The van der Waals surface area contributed by atoms with E-state index in [0.717, 1.165) is 10.3 Å². The molecule has 0 spiro atoms. The number of halogens is 1. The Morgan fingerprint density at radius 1 is 1.10 bits per heavy atom. The monoisotopic (exact) mass is 461 g/mol. The predicted octanol–water partition coefficient (Wildman–Crippen LogP) is 3.14. The molecule has 7 nitrogen and oxygen atoms in total. The van der Waals surface area contributed by atoms with E-state index >= 15 is 0 Å². The van der Waals surface area contributed by atoms with Crippen LogP contribution in [0.25, 0.3) is 0 Å². The maximum absolute atomic E-state index is 12.7. The van der Waals surface area contributed by atoms with Crippen LogP contribution >= 0.6 is 15.9 Å². The molecule has 1 atom stereocenters. The molecule has 3 rings (SSSR count). The number of carbonyl (C=O) groups excluding carboxylic acids is 2. The van der Waals surface area contributed by atoms with Crippen molar-refractivity contribution in [2.24, 2.45) is 0 Å². The first-order valence-electron chi connectivity index (χ1n) is 9.57. The number of anilines is 1. The summed E-state index contributed by atoms with van der Waals surface area (Å²) in [4.78, 5) is 32.7. The number of benzene rings is 1. The summed E-state index contributed by atoms with van der Waals surface area (Å²) < 4.78 is 11.7. The second-order valence-corrected chi connectivity index (χ2v) is 7.57. The first-order valence-corrected chi connectivity index (χ1v) is 10.4. The number of ether oxygens (including phenoxy) is 2. The Kier molecular flexibility index (Phi) is 7.09. The van der Waals surface area contributed by atoms with Gasteiger partial charge < -0.3 is 19.3 Å². The van der Waals surface area contributed by atoms with Gasteiger partial charge in [0.1, 0.15) is 11.6 Å². The zero-order valence-corrected chi connectivity index (χ0v) is 18.1. The van der Waals surface area contributed by atoms with Crippen molar-refractivity contribution in [1.29, 1.82) is 0 Å². The Bertz CT molecular complexity index is 834. The largest absolute Gasteiger partial charge is 0.481 e. The molecule has 1 aromatic carbocycles. The zero-order valence-electron chi connectivity index (χ0n) is 16.5. The Labute approximate surface area is 178 Å². The number of amides is 1. The lowest BCUT2D eigenvalue weighted by atomic mass is 10.2. The molecule has 2 aromatic rings. The van der Waals surface area contributed by atoms with E-state index in [1.54, 1.807) is 19.9 Å². The molecule has 1 fully saturated rings. The number of hydrogen-bond acceptors (Lipinski definition) is 6. The highest BCUT2D eigenvalue weighted by Gasteiger charge is 2.26. The van der Waals surface area contributed by atoms with Crippen molar-refractivity contribution in [3.05, 3.63) is 52.6 Å². The Hall–Kier alpha value is -2.61. The predicted molar refractivity (Wildman–Crippen MR) is 113 cm³/mol. The van der Waals surface area contributed by atoms with Gasteiger partial charge >= 0.3 is 5.97 Å². The quantitative estimate of drug-likeness (QED) is 0.615. The van der Waals surface area contributed by atoms with Crippen LogP contribution in [0.5, 0.6) is 5.75 Å². The number of nitrogens with zero attached hydrogens (tertiary/aromatic N) is 3. The maximum Gasteiger partial charge on any atom is 0.339 e. The first-order chi connectivity index (χ1) is 14.0. The summed E-state index contributed by atoms with van der Waals surface area (Å²) in [6.45, 7) is 6.39. The number of carbonyl (C=O) groups is 2. The van der Waals surface area contributed by atoms with Crippen molar-refractivity contribution in [3.63, 3.8) is 0 Å². The average Bonchev–Trinajstić information content (AvgIpc) is 2.75. The summed E-state index contributed by atoms with van der Waals surface area (Å²) in [5.41, 5.74) is 0.434. The first kappa shape index (κ1) is 21.1. The summed E-state index contributed by atoms with van der Waals surface area (Å²) in [5.74, 6) is 1.04. The molecule has 0 aliphatic carbocycles. The van der Waals surface area contributed by atoms with Crippen LogP contribution in [-0.2, 0) is 9.53 Å². The summed E-state index contributed by atoms with van der Waals surface area (Å²) in [7, 11) is 0. The fourth-order valence-corrected chi connectivity index (χ4v) is 3.35. The van der Waals surface area contributed by atoms with Gasteiger partial charge in [0.15, 0.2) is 6.10 Å². The van der Waals surface area contributed by atoms with Crippen LogP contribution in [0, 0.1) is 0 Å². The van der Waals surface area contributed by atoms with Crippen molar-refractivity contribution >= 4 is 33.6 Å². The van der Waals surface area contributed by atoms with E-state index in [1.165, 1.54) is 6.20 Å². The van der Waals surface area contributed by atoms with Crippen LogP contribution in [0.1, 0.15) is 24.2 Å². The summed E-state index contributed by atoms with van der Waals surface area (Å²) in [6.07, 6.45) is 0.976. The van der Waals surface area contributed by atoms with Crippen LogP contribution in [0.4, 0.5) is 5.82 Å². The van der Waals surface area contributed by atoms with Gasteiger partial charge in [-0.3, -0.25) is 4.79 Å². The van der Waals surface area contributed by atoms with E-state index in [4.69, 9.17) is 9.47 Å². The van der Waals surface area contributed by atoms with Gasteiger partial charge in [-0.25, -0.2) is 9.78 Å². The molecule has 154 valence electrons. The molecule has 8 heteroatoms. The molecule has 1 unspecified atom stereocenters. The molecule has 0 saturated carbocycles. The molecule has 1 saturated heterocycles. The van der Waals surface area contributed by atoms with Gasteiger partial charge in [0.05, 0.1) is 12.2 Å². The third-order valence-electron chi connectivity index (χ3n) is 4.65. The van der Waals surface area contributed by atoms with Crippen LogP contribution in [0.2, 0.25) is 0 Å². The molecule has 1 aromatic heterocycles. The third-order valence-corrected chi connectivity index (χ3v) is 5.18. The summed E-state index contributed by atoms with van der Waals surface area (Å²) in [6, 6.07) is 10.9. The molecular formula is C21H24BrN3O4. The molecule has 0 radical (unpaired) electrons. The number of esters is 1. The smallest absolute Gasteiger partial charge is 0.339 e. The Morgan fingerprint density at radius 3 is 2.38 bits per heavy atom. The molecule has 0 bridgehead atoms. The number of aromatic nitrogens is 1. The van der Waals surface area contributed by atoms with Crippen molar-refractivity contribution in [2.45, 2.75) is 20.0 Å². The van der Waals surface area contributed by atoms with Gasteiger partial charge in [-0.1, -0.05) is 15.9 Å². The van der Waals surface area contributed by atoms with Gasteiger partial charge in [-0.05, 0) is 50.2 Å². The van der Waals surface area contributed by atoms with E-state index < -0.39 is 6.10 Å². The van der Waals surface area contributed by atoms with Gasteiger partial charge in [0.25, 0.3) is 5.91 Å². The fraction of sp³-hybridized carbons (Fsp3) is 0.381. The summed E-state index contributed by atoms with van der Waals surface area (Å²) in [5, 5.41) is 0. The van der Waals surface area contributed by atoms with Gasteiger partial charge in [-0.15, -0.1) is 0 Å². The molecule has 1 aliphatic rings. The summed E-state index contributed by atoms with van der Waals surface area (Å²) >= 11 is 3.38. The van der Waals surface area contributed by atoms with Gasteiger partial charge in [0, 0.05) is 36.8 Å². The topological polar surface area (TPSA) is 72.0 Å². The number of rotatable bonds is 6. The van der Waals surface area contributed by atoms with Crippen molar-refractivity contribution in [2.75, 3.05) is 37.7 Å². The maximum atomic E-state index is 12.7. The lowest BCUT2D eigenvalue weighted by Crippen LogP contribution is -2.52.